The number of pyridine rings is 1. The molecule has 1 aromatic carbocycles. The number of rotatable bonds is 2. The molecule has 1 saturated heterocycles. The molecular weight excluding hydrogens is 276 g/mol. The van der Waals surface area contributed by atoms with Crippen LogP contribution < -0.4 is 11.1 Å². The van der Waals surface area contributed by atoms with E-state index in [-0.39, 0.29) is 25.0 Å². The Labute approximate surface area is 130 Å². The summed E-state index contributed by atoms with van der Waals surface area (Å²) in [5.41, 5.74) is 8.44. The van der Waals surface area contributed by atoms with E-state index in [9.17, 15) is 10.4 Å². The fourth-order valence-electron chi connectivity index (χ4n) is 2.76. The summed E-state index contributed by atoms with van der Waals surface area (Å²) in [6.07, 6.45) is 2.04. The molecule has 1 aliphatic rings. The molecule has 22 heavy (non-hydrogen) atoms. The number of anilines is 1. The Bertz CT molecular complexity index is 715. The molecule has 2 aromatic rings. The van der Waals surface area contributed by atoms with Gasteiger partial charge in [-0.2, -0.15) is 5.26 Å². The van der Waals surface area contributed by atoms with Crippen molar-refractivity contribution in [3.63, 3.8) is 0 Å². The van der Waals surface area contributed by atoms with Crippen molar-refractivity contribution >= 4 is 5.82 Å². The molecule has 3 rings (SSSR count). The van der Waals surface area contributed by atoms with Crippen molar-refractivity contribution in [3.05, 3.63) is 41.5 Å². The topological polar surface area (TPSA) is 95.0 Å². The molecule has 0 saturated carbocycles. The van der Waals surface area contributed by atoms with E-state index in [0.29, 0.717) is 16.8 Å². The van der Waals surface area contributed by atoms with Gasteiger partial charge in [0.25, 0.3) is 0 Å². The number of aromatic nitrogens is 1. The van der Waals surface area contributed by atoms with Crippen LogP contribution in [0.1, 0.15) is 37.4 Å². The lowest BCUT2D eigenvalue weighted by atomic mass is 9.97. The van der Waals surface area contributed by atoms with Gasteiger partial charge in [0, 0.05) is 11.6 Å². The largest absolute Gasteiger partial charge is 0.507 e. The summed E-state index contributed by atoms with van der Waals surface area (Å²) in [6.45, 7) is 0.934. The number of nitrogens with one attached hydrogen (secondary N) is 1. The number of nitrogens with zero attached hydrogens (tertiary/aromatic N) is 2. The zero-order chi connectivity index (χ0) is 14.8. The highest BCUT2D eigenvalue weighted by Gasteiger charge is 2.23. The molecule has 0 spiro atoms. The molecule has 1 aromatic heterocycles. The maximum absolute atomic E-state index is 9.98. The van der Waals surface area contributed by atoms with E-state index < -0.39 is 0 Å². The number of nitrogens with two attached hydrogens (primary N) is 1. The summed E-state index contributed by atoms with van der Waals surface area (Å²) >= 11 is 0. The average Bonchev–Trinajstić information content (AvgIpc) is 3.01. The van der Waals surface area contributed by atoms with E-state index in [1.54, 1.807) is 18.2 Å². The Hall–Kier alpha value is -2.58. The summed E-state index contributed by atoms with van der Waals surface area (Å²) in [5, 5.41) is 22.7. The van der Waals surface area contributed by atoms with Gasteiger partial charge < -0.3 is 16.2 Å². The van der Waals surface area contributed by atoms with E-state index >= 15 is 0 Å². The van der Waals surface area contributed by atoms with Crippen LogP contribution in [0.5, 0.6) is 5.75 Å². The third-order valence-electron chi connectivity index (χ3n) is 3.81. The highest BCUT2D eigenvalue weighted by atomic mass is 16.3. The Morgan fingerprint density at radius 1 is 1.36 bits per heavy atom. The number of benzene rings is 1. The van der Waals surface area contributed by atoms with E-state index in [2.05, 4.69) is 16.4 Å². The maximum atomic E-state index is 9.98. The highest BCUT2D eigenvalue weighted by molar-refractivity contribution is 5.71. The second-order valence-electron chi connectivity index (χ2n) is 5.13. The molecule has 0 radical (unpaired) electrons. The molecule has 1 aliphatic heterocycles. The lowest BCUT2D eigenvalue weighted by Crippen LogP contribution is -2.15. The normalized spacial score (nSPS) is 16.8. The first-order valence-corrected chi connectivity index (χ1v) is 6.93. The molecule has 1 fully saturated rings. The molecule has 5 heteroatoms. The summed E-state index contributed by atoms with van der Waals surface area (Å²) < 4.78 is 0. The number of nitrogen functional groups attached to an aromatic ring is 1. The zero-order valence-electron chi connectivity index (χ0n) is 11.5. The van der Waals surface area contributed by atoms with Crippen molar-refractivity contribution in [3.8, 4) is 23.1 Å². The Morgan fingerprint density at radius 2 is 2.14 bits per heavy atom. The Kier molecular flexibility index (Phi) is 4.64. The van der Waals surface area contributed by atoms with Crippen LogP contribution in [0.25, 0.3) is 11.3 Å². The van der Waals surface area contributed by atoms with Crippen LogP contribution in [0.2, 0.25) is 0 Å². The van der Waals surface area contributed by atoms with Crippen molar-refractivity contribution in [1.82, 2.24) is 10.3 Å². The number of phenolic OH excluding ortho intramolecular Hbond substituents is 1. The van der Waals surface area contributed by atoms with Crippen LogP contribution in [0, 0.1) is 11.3 Å². The smallest absolute Gasteiger partial charge is 0.142 e. The first kappa shape index (κ1) is 15.8. The van der Waals surface area contributed by atoms with Gasteiger partial charge in [-0.15, -0.1) is 0 Å². The molecular formula is C17H20N4O. The van der Waals surface area contributed by atoms with Crippen molar-refractivity contribution in [2.24, 2.45) is 0 Å². The van der Waals surface area contributed by atoms with Crippen LogP contribution in [-0.2, 0) is 0 Å². The van der Waals surface area contributed by atoms with E-state index in [4.69, 9.17) is 5.73 Å². The summed E-state index contributed by atoms with van der Waals surface area (Å²) in [6, 6.07) is 11.1. The van der Waals surface area contributed by atoms with Gasteiger partial charge in [0.05, 0.1) is 11.3 Å². The maximum Gasteiger partial charge on any atom is 0.142 e. The fourth-order valence-corrected chi connectivity index (χ4v) is 2.76. The van der Waals surface area contributed by atoms with Gasteiger partial charge in [0.15, 0.2) is 0 Å². The summed E-state index contributed by atoms with van der Waals surface area (Å²) in [4.78, 5) is 4.27. The second-order valence-corrected chi connectivity index (χ2v) is 5.13. The lowest BCUT2D eigenvalue weighted by molar-refractivity contribution is 0.477. The van der Waals surface area contributed by atoms with Crippen LogP contribution >= 0.6 is 0 Å². The third-order valence-corrected chi connectivity index (χ3v) is 3.81. The van der Waals surface area contributed by atoms with Gasteiger partial charge >= 0.3 is 0 Å². The predicted molar refractivity (Wildman–Crippen MR) is 87.2 cm³/mol. The van der Waals surface area contributed by atoms with Gasteiger partial charge in [0.2, 0.25) is 0 Å². The standard InChI is InChI=1S/C16H16N4O.CH4/c17-9-12-11(13-5-3-7-19-13)8-14(20-16(12)18)10-4-1-2-6-15(10)21;/h1-2,4,6,8,13,19,21H,3,5,7H2,(H2,18,20);1H4/t13-;/m0./s1. The van der Waals surface area contributed by atoms with Crippen LogP contribution in [0.15, 0.2) is 30.3 Å². The van der Waals surface area contributed by atoms with Crippen molar-refractivity contribution < 1.29 is 5.11 Å². The van der Waals surface area contributed by atoms with Gasteiger partial charge in [-0.05, 0) is 43.1 Å². The van der Waals surface area contributed by atoms with Gasteiger partial charge in [-0.25, -0.2) is 4.98 Å². The number of nitriles is 1. The SMILES string of the molecule is C.N#Cc1c([C@@H]2CCCN2)cc(-c2ccccc2O)nc1N. The number of hydrogen-bond donors (Lipinski definition) is 3. The van der Waals surface area contributed by atoms with Gasteiger partial charge in [-0.1, -0.05) is 19.6 Å². The molecule has 0 aliphatic carbocycles. The first-order valence-electron chi connectivity index (χ1n) is 6.93. The van der Waals surface area contributed by atoms with Crippen molar-refractivity contribution in [2.75, 3.05) is 12.3 Å². The number of phenols is 1. The van der Waals surface area contributed by atoms with E-state index in [0.717, 1.165) is 24.9 Å². The summed E-state index contributed by atoms with van der Waals surface area (Å²) in [7, 11) is 0. The molecule has 2 heterocycles. The van der Waals surface area contributed by atoms with Gasteiger partial charge in [0.1, 0.15) is 17.6 Å². The quantitative estimate of drug-likeness (QED) is 0.792. The number of para-hydroxylation sites is 1. The van der Waals surface area contributed by atoms with E-state index in [1.165, 1.54) is 0 Å². The average molecular weight is 296 g/mol. The fraction of sp³-hybridized carbons (Fsp3) is 0.294. The molecule has 4 N–H and O–H groups in total. The minimum absolute atomic E-state index is 0. The Balaban J connectivity index is 0.00000176. The van der Waals surface area contributed by atoms with Crippen LogP contribution in [0.4, 0.5) is 5.82 Å². The van der Waals surface area contributed by atoms with Gasteiger partial charge in [-0.3, -0.25) is 0 Å². The first-order chi connectivity index (χ1) is 10.2. The van der Waals surface area contributed by atoms with Crippen molar-refractivity contribution in [2.45, 2.75) is 26.3 Å². The van der Waals surface area contributed by atoms with E-state index in [1.807, 2.05) is 12.1 Å². The third kappa shape index (κ3) is 2.74. The van der Waals surface area contributed by atoms with Crippen LogP contribution in [0.3, 0.4) is 0 Å². The zero-order valence-corrected chi connectivity index (χ0v) is 11.5. The second kappa shape index (κ2) is 6.46. The monoisotopic (exact) mass is 296 g/mol. The minimum Gasteiger partial charge on any atom is -0.507 e. The summed E-state index contributed by atoms with van der Waals surface area (Å²) in [5.74, 6) is 0.362. The van der Waals surface area contributed by atoms with Crippen LogP contribution in [-0.4, -0.2) is 16.6 Å². The number of hydrogen-bond acceptors (Lipinski definition) is 5. The minimum atomic E-state index is 0. The predicted octanol–water partition coefficient (Wildman–Crippen LogP) is 2.97. The molecule has 0 unspecified atom stereocenters. The molecule has 0 amide bonds. The highest BCUT2D eigenvalue weighted by Crippen LogP contribution is 2.34. The van der Waals surface area contributed by atoms with Crippen molar-refractivity contribution in [1.29, 1.82) is 5.26 Å². The molecule has 1 atom stereocenters. The Morgan fingerprint density at radius 3 is 2.77 bits per heavy atom. The lowest BCUT2D eigenvalue weighted by Gasteiger charge is -2.15. The molecule has 114 valence electrons. The molecule has 5 nitrogen and oxygen atoms in total. The molecule has 0 bridgehead atoms. The number of aromatic hydroxyl groups is 1.